The van der Waals surface area contributed by atoms with Gasteiger partial charge < -0.3 is 10.1 Å². The van der Waals surface area contributed by atoms with Crippen LogP contribution in [0.25, 0.3) is 0 Å². The number of nitrogens with one attached hydrogen (secondary N) is 2. The van der Waals surface area contributed by atoms with Gasteiger partial charge >= 0.3 is 0 Å². The number of thiocarbonyl (C=S) groups is 1. The Labute approximate surface area is 187 Å². The molecule has 29 heavy (non-hydrogen) atoms. The standard InChI is InChI=1S/C19H19BrClN3O4S/c1-10(2)13-8-14(20)11(3)6-17(13)28-9-18(25)23-19(29)22-12-4-5-15(21)16(7-12)24(26)27/h4-8,10H,9H2,1-3H3,(H2,22,23,25,29). The number of rotatable bonds is 6. The number of nitro groups is 1. The largest absolute Gasteiger partial charge is 0.483 e. The van der Waals surface area contributed by atoms with Crippen molar-refractivity contribution in [1.29, 1.82) is 0 Å². The Morgan fingerprint density at radius 1 is 1.34 bits per heavy atom. The normalized spacial score (nSPS) is 10.6. The van der Waals surface area contributed by atoms with Gasteiger partial charge in [-0.15, -0.1) is 0 Å². The molecule has 0 aromatic heterocycles. The molecule has 0 radical (unpaired) electrons. The van der Waals surface area contributed by atoms with Crippen molar-refractivity contribution in [2.24, 2.45) is 0 Å². The minimum absolute atomic E-state index is 0.00806. The Morgan fingerprint density at radius 3 is 2.66 bits per heavy atom. The van der Waals surface area contributed by atoms with Gasteiger partial charge in [0, 0.05) is 16.2 Å². The Kier molecular flexibility index (Phi) is 7.95. The molecule has 0 aliphatic rings. The zero-order chi connectivity index (χ0) is 21.7. The molecule has 0 unspecified atom stereocenters. The number of hydrogen-bond acceptors (Lipinski definition) is 5. The van der Waals surface area contributed by atoms with E-state index in [1.165, 1.54) is 18.2 Å². The second-order valence-corrected chi connectivity index (χ2v) is 8.18. The number of hydrogen-bond donors (Lipinski definition) is 2. The molecule has 154 valence electrons. The van der Waals surface area contributed by atoms with Crippen molar-refractivity contribution in [1.82, 2.24) is 5.32 Å². The number of amides is 1. The van der Waals surface area contributed by atoms with Crippen molar-refractivity contribution in [2.45, 2.75) is 26.7 Å². The summed E-state index contributed by atoms with van der Waals surface area (Å²) in [7, 11) is 0. The predicted octanol–water partition coefficient (Wildman–Crippen LogP) is 5.33. The SMILES string of the molecule is Cc1cc(OCC(=O)NC(=S)Nc2ccc(Cl)c([N+](=O)[O-])c2)c(C(C)C)cc1Br. The van der Waals surface area contributed by atoms with Crippen molar-refractivity contribution < 1.29 is 14.5 Å². The van der Waals surface area contributed by atoms with E-state index in [0.29, 0.717) is 11.4 Å². The van der Waals surface area contributed by atoms with Gasteiger partial charge in [-0.1, -0.05) is 41.4 Å². The molecule has 0 saturated heterocycles. The number of halogens is 2. The average Bonchev–Trinajstić information content (AvgIpc) is 2.63. The molecule has 0 saturated carbocycles. The fourth-order valence-electron chi connectivity index (χ4n) is 2.45. The van der Waals surface area contributed by atoms with Crippen LogP contribution in [-0.2, 0) is 4.79 Å². The van der Waals surface area contributed by atoms with E-state index in [2.05, 4.69) is 26.6 Å². The van der Waals surface area contributed by atoms with E-state index in [9.17, 15) is 14.9 Å². The third kappa shape index (κ3) is 6.38. The van der Waals surface area contributed by atoms with Crippen LogP contribution < -0.4 is 15.4 Å². The van der Waals surface area contributed by atoms with Gasteiger partial charge in [0.1, 0.15) is 10.8 Å². The third-order valence-electron chi connectivity index (χ3n) is 3.93. The van der Waals surface area contributed by atoms with E-state index < -0.39 is 10.8 Å². The topological polar surface area (TPSA) is 93.5 Å². The van der Waals surface area contributed by atoms with E-state index in [0.717, 1.165) is 15.6 Å². The Balaban J connectivity index is 1.98. The molecule has 0 aliphatic carbocycles. The van der Waals surface area contributed by atoms with Crippen LogP contribution in [0.1, 0.15) is 30.9 Å². The van der Waals surface area contributed by atoms with E-state index >= 15 is 0 Å². The first-order valence-corrected chi connectivity index (χ1v) is 10.1. The smallest absolute Gasteiger partial charge is 0.289 e. The van der Waals surface area contributed by atoms with Crippen LogP contribution in [0.15, 0.2) is 34.8 Å². The highest BCUT2D eigenvalue weighted by atomic mass is 79.9. The molecular formula is C19H19BrClN3O4S. The van der Waals surface area contributed by atoms with Crippen LogP contribution in [0.5, 0.6) is 5.75 Å². The summed E-state index contributed by atoms with van der Waals surface area (Å²) < 4.78 is 6.66. The number of nitrogens with zero attached hydrogens (tertiary/aromatic N) is 1. The summed E-state index contributed by atoms with van der Waals surface area (Å²) in [5.74, 6) is 0.387. The molecule has 7 nitrogen and oxygen atoms in total. The zero-order valence-corrected chi connectivity index (χ0v) is 19.1. The molecule has 10 heteroatoms. The Hall–Kier alpha value is -2.23. The molecule has 0 heterocycles. The van der Waals surface area contributed by atoms with E-state index in [1.54, 1.807) is 0 Å². The molecule has 2 aromatic rings. The lowest BCUT2D eigenvalue weighted by Gasteiger charge is -2.16. The van der Waals surface area contributed by atoms with Crippen LogP contribution in [0.3, 0.4) is 0 Å². The minimum Gasteiger partial charge on any atom is -0.483 e. The highest BCUT2D eigenvalue weighted by molar-refractivity contribution is 9.10. The van der Waals surface area contributed by atoms with E-state index in [-0.39, 0.29) is 28.3 Å². The monoisotopic (exact) mass is 499 g/mol. The number of carbonyl (C=O) groups excluding carboxylic acids is 1. The van der Waals surface area contributed by atoms with Crippen LogP contribution in [0.2, 0.25) is 5.02 Å². The maximum atomic E-state index is 12.2. The molecular weight excluding hydrogens is 482 g/mol. The van der Waals surface area contributed by atoms with Gasteiger partial charge in [0.2, 0.25) is 0 Å². The Morgan fingerprint density at radius 2 is 2.03 bits per heavy atom. The fraction of sp³-hybridized carbons (Fsp3) is 0.263. The van der Waals surface area contributed by atoms with Gasteiger partial charge in [0.05, 0.1) is 4.92 Å². The second-order valence-electron chi connectivity index (χ2n) is 6.51. The van der Waals surface area contributed by atoms with Gasteiger partial charge in [-0.25, -0.2) is 0 Å². The number of benzene rings is 2. The lowest BCUT2D eigenvalue weighted by atomic mass is 10.0. The molecule has 0 atom stereocenters. The van der Waals surface area contributed by atoms with Gasteiger partial charge in [0.15, 0.2) is 11.7 Å². The lowest BCUT2D eigenvalue weighted by molar-refractivity contribution is -0.384. The van der Waals surface area contributed by atoms with Gasteiger partial charge in [-0.3, -0.25) is 20.2 Å². The summed E-state index contributed by atoms with van der Waals surface area (Å²) in [5, 5.41) is 16.1. The van der Waals surface area contributed by atoms with Crippen LogP contribution in [0, 0.1) is 17.0 Å². The highest BCUT2D eigenvalue weighted by Crippen LogP contribution is 2.32. The van der Waals surface area contributed by atoms with Gasteiger partial charge in [-0.2, -0.15) is 0 Å². The van der Waals surface area contributed by atoms with Crippen LogP contribution in [0.4, 0.5) is 11.4 Å². The fourth-order valence-corrected chi connectivity index (χ4v) is 3.22. The summed E-state index contributed by atoms with van der Waals surface area (Å²) in [6.07, 6.45) is 0. The molecule has 0 spiro atoms. The van der Waals surface area contributed by atoms with E-state index in [4.69, 9.17) is 28.6 Å². The summed E-state index contributed by atoms with van der Waals surface area (Å²) >= 11 is 14.4. The first-order chi connectivity index (χ1) is 13.6. The van der Waals surface area contributed by atoms with Gasteiger partial charge in [-0.05, 0) is 60.5 Å². The van der Waals surface area contributed by atoms with Crippen molar-refractivity contribution in [3.05, 3.63) is 61.1 Å². The van der Waals surface area contributed by atoms with Gasteiger partial charge in [0.25, 0.3) is 11.6 Å². The molecule has 0 fully saturated rings. The van der Waals surface area contributed by atoms with Crippen molar-refractivity contribution >= 4 is 62.1 Å². The number of nitro benzene ring substituents is 1. The molecule has 0 bridgehead atoms. The summed E-state index contributed by atoms with van der Waals surface area (Å²) in [4.78, 5) is 22.5. The zero-order valence-electron chi connectivity index (χ0n) is 15.9. The number of ether oxygens (including phenoxy) is 1. The Bertz CT molecular complexity index is 969. The molecule has 2 aromatic carbocycles. The number of anilines is 1. The highest BCUT2D eigenvalue weighted by Gasteiger charge is 2.15. The quantitative estimate of drug-likeness (QED) is 0.316. The van der Waals surface area contributed by atoms with Crippen LogP contribution >= 0.6 is 39.7 Å². The molecule has 0 aliphatic heterocycles. The first kappa shape index (κ1) is 23.1. The maximum absolute atomic E-state index is 12.2. The number of aryl methyl sites for hydroxylation is 1. The second kappa shape index (κ2) is 10.00. The maximum Gasteiger partial charge on any atom is 0.289 e. The van der Waals surface area contributed by atoms with Crippen molar-refractivity contribution in [3.63, 3.8) is 0 Å². The summed E-state index contributed by atoms with van der Waals surface area (Å²) in [5.41, 5.74) is 2.04. The van der Waals surface area contributed by atoms with Crippen molar-refractivity contribution in [2.75, 3.05) is 11.9 Å². The predicted molar refractivity (Wildman–Crippen MR) is 121 cm³/mol. The van der Waals surface area contributed by atoms with Crippen molar-refractivity contribution in [3.8, 4) is 5.75 Å². The third-order valence-corrected chi connectivity index (χ3v) is 5.30. The van der Waals surface area contributed by atoms with E-state index in [1.807, 2.05) is 32.9 Å². The van der Waals surface area contributed by atoms with Crippen LogP contribution in [-0.4, -0.2) is 22.5 Å². The molecule has 2 rings (SSSR count). The molecule has 2 N–H and O–H groups in total. The summed E-state index contributed by atoms with van der Waals surface area (Å²) in [6, 6.07) is 7.97. The molecule has 1 amide bonds. The summed E-state index contributed by atoms with van der Waals surface area (Å²) in [6.45, 7) is 5.78. The first-order valence-electron chi connectivity index (χ1n) is 8.56. The lowest BCUT2D eigenvalue weighted by Crippen LogP contribution is -2.37. The minimum atomic E-state index is -0.602. The average molecular weight is 501 g/mol. The number of carbonyl (C=O) groups is 1.